The zero-order valence-corrected chi connectivity index (χ0v) is 10.6. The van der Waals surface area contributed by atoms with E-state index in [0.29, 0.717) is 23.3 Å². The second kappa shape index (κ2) is 5.74. The molecule has 0 bridgehead atoms. The van der Waals surface area contributed by atoms with Crippen molar-refractivity contribution >= 4 is 11.4 Å². The Labute approximate surface area is 108 Å². The summed E-state index contributed by atoms with van der Waals surface area (Å²) in [4.78, 5) is 0. The summed E-state index contributed by atoms with van der Waals surface area (Å²) in [6.45, 7) is 3.88. The third-order valence-electron chi connectivity index (χ3n) is 3.48. The minimum absolute atomic E-state index is 0.358. The maximum atomic E-state index is 8.78. The lowest BCUT2D eigenvalue weighted by Crippen LogP contribution is -2.23. The summed E-state index contributed by atoms with van der Waals surface area (Å²) in [6.07, 6.45) is 2.51. The summed E-state index contributed by atoms with van der Waals surface area (Å²) < 4.78 is 5.66. The molecule has 1 aliphatic heterocycles. The second-order valence-corrected chi connectivity index (χ2v) is 4.66. The maximum Gasteiger partial charge on any atom is 0.0992 e. The van der Waals surface area contributed by atoms with E-state index in [9.17, 15) is 0 Å². The Morgan fingerprint density at radius 1 is 1.56 bits per heavy atom. The average molecular weight is 245 g/mol. The van der Waals surface area contributed by atoms with Crippen molar-refractivity contribution in [1.29, 1.82) is 5.26 Å². The molecular weight excluding hydrogens is 226 g/mol. The number of nitrogens with zero attached hydrogens (tertiary/aromatic N) is 1. The van der Waals surface area contributed by atoms with Crippen LogP contribution in [-0.4, -0.2) is 19.3 Å². The second-order valence-electron chi connectivity index (χ2n) is 4.66. The van der Waals surface area contributed by atoms with Gasteiger partial charge in [-0.15, -0.1) is 0 Å². The van der Waals surface area contributed by atoms with E-state index in [-0.39, 0.29) is 0 Å². The Hall–Kier alpha value is -1.73. The minimum atomic E-state index is 0.358. The summed E-state index contributed by atoms with van der Waals surface area (Å²) in [5.74, 6) is 0.546. The van der Waals surface area contributed by atoms with Gasteiger partial charge in [0.15, 0.2) is 0 Å². The number of rotatable bonds is 4. The quantitative estimate of drug-likeness (QED) is 0.799. The number of nitrogen functional groups attached to an aromatic ring is 1. The number of nitriles is 1. The molecule has 1 aliphatic rings. The van der Waals surface area contributed by atoms with Crippen LogP contribution in [0.3, 0.4) is 0 Å². The fraction of sp³-hybridized carbons (Fsp3) is 0.500. The number of anilines is 2. The molecule has 2 rings (SSSR count). The Morgan fingerprint density at radius 2 is 2.39 bits per heavy atom. The summed E-state index contributed by atoms with van der Waals surface area (Å²) in [7, 11) is 0. The van der Waals surface area contributed by atoms with Crippen LogP contribution in [0.5, 0.6) is 0 Å². The van der Waals surface area contributed by atoms with Crippen LogP contribution in [0.25, 0.3) is 0 Å². The van der Waals surface area contributed by atoms with Gasteiger partial charge in [-0.25, -0.2) is 0 Å². The largest absolute Gasteiger partial charge is 0.397 e. The van der Waals surface area contributed by atoms with Gasteiger partial charge in [0.05, 0.1) is 29.1 Å². The van der Waals surface area contributed by atoms with Gasteiger partial charge in [0.25, 0.3) is 0 Å². The molecule has 96 valence electrons. The van der Waals surface area contributed by atoms with Crippen molar-refractivity contribution in [3.05, 3.63) is 23.8 Å². The highest BCUT2D eigenvalue weighted by molar-refractivity contribution is 5.68. The molecule has 0 radical (unpaired) electrons. The summed E-state index contributed by atoms with van der Waals surface area (Å²) in [5, 5.41) is 12.1. The van der Waals surface area contributed by atoms with Crippen LogP contribution in [0.15, 0.2) is 18.2 Å². The number of ether oxygens (including phenoxy) is 1. The molecular formula is C14H19N3O. The summed E-state index contributed by atoms with van der Waals surface area (Å²) in [5.41, 5.74) is 8.02. The first-order chi connectivity index (χ1) is 8.74. The molecule has 1 aromatic carbocycles. The van der Waals surface area contributed by atoms with Crippen molar-refractivity contribution < 1.29 is 4.74 Å². The van der Waals surface area contributed by atoms with Crippen LogP contribution in [-0.2, 0) is 4.74 Å². The zero-order valence-electron chi connectivity index (χ0n) is 10.6. The molecule has 1 heterocycles. The van der Waals surface area contributed by atoms with Gasteiger partial charge < -0.3 is 15.8 Å². The number of hydrogen-bond acceptors (Lipinski definition) is 4. The van der Waals surface area contributed by atoms with Gasteiger partial charge in [-0.3, -0.25) is 0 Å². The number of nitrogens with two attached hydrogens (primary N) is 1. The van der Waals surface area contributed by atoms with Gasteiger partial charge in [0.2, 0.25) is 0 Å². The molecule has 0 amide bonds. The van der Waals surface area contributed by atoms with Crippen molar-refractivity contribution in [2.45, 2.75) is 25.9 Å². The number of benzene rings is 1. The van der Waals surface area contributed by atoms with Crippen LogP contribution < -0.4 is 11.1 Å². The first-order valence-corrected chi connectivity index (χ1v) is 6.39. The van der Waals surface area contributed by atoms with Crippen molar-refractivity contribution in [3.8, 4) is 6.07 Å². The van der Waals surface area contributed by atoms with Gasteiger partial charge in [-0.1, -0.05) is 6.92 Å². The molecule has 1 fully saturated rings. The van der Waals surface area contributed by atoms with E-state index in [2.05, 4.69) is 18.3 Å². The van der Waals surface area contributed by atoms with E-state index < -0.39 is 0 Å². The van der Waals surface area contributed by atoms with E-state index in [1.54, 1.807) is 12.1 Å². The lowest BCUT2D eigenvalue weighted by molar-refractivity contribution is 0.0900. The molecule has 0 aliphatic carbocycles. The molecule has 1 aromatic rings. The highest BCUT2D eigenvalue weighted by Crippen LogP contribution is 2.25. The smallest absolute Gasteiger partial charge is 0.0992 e. The van der Waals surface area contributed by atoms with Crippen molar-refractivity contribution in [2.24, 2.45) is 5.92 Å². The van der Waals surface area contributed by atoms with E-state index in [4.69, 9.17) is 15.7 Å². The number of nitrogens with one attached hydrogen (secondary N) is 1. The summed E-state index contributed by atoms with van der Waals surface area (Å²) in [6, 6.07) is 7.42. The van der Waals surface area contributed by atoms with E-state index in [0.717, 1.165) is 31.7 Å². The molecule has 2 unspecified atom stereocenters. The molecule has 4 nitrogen and oxygen atoms in total. The third-order valence-corrected chi connectivity index (χ3v) is 3.48. The first-order valence-electron chi connectivity index (χ1n) is 6.39. The highest BCUT2D eigenvalue weighted by atomic mass is 16.5. The SMILES string of the molecule is CCC1OCCC1CNc1ccc(C#N)cc1N. The van der Waals surface area contributed by atoms with E-state index in [1.165, 1.54) is 0 Å². The van der Waals surface area contributed by atoms with Gasteiger partial charge in [0.1, 0.15) is 0 Å². The van der Waals surface area contributed by atoms with Gasteiger partial charge in [-0.05, 0) is 31.0 Å². The fourth-order valence-electron chi connectivity index (χ4n) is 2.41. The van der Waals surface area contributed by atoms with Gasteiger partial charge in [0, 0.05) is 19.1 Å². The molecule has 2 atom stereocenters. The fourth-order valence-corrected chi connectivity index (χ4v) is 2.41. The Morgan fingerprint density at radius 3 is 3.06 bits per heavy atom. The lowest BCUT2D eigenvalue weighted by Gasteiger charge is -2.18. The van der Waals surface area contributed by atoms with Crippen LogP contribution >= 0.6 is 0 Å². The molecule has 0 aromatic heterocycles. The molecule has 1 saturated heterocycles. The predicted octanol–water partition coefficient (Wildman–Crippen LogP) is 2.37. The van der Waals surface area contributed by atoms with Crippen LogP contribution in [0, 0.1) is 17.2 Å². The highest BCUT2D eigenvalue weighted by Gasteiger charge is 2.26. The Balaban J connectivity index is 1.96. The molecule has 0 saturated carbocycles. The monoisotopic (exact) mass is 245 g/mol. The number of hydrogen-bond donors (Lipinski definition) is 2. The minimum Gasteiger partial charge on any atom is -0.397 e. The normalized spacial score (nSPS) is 22.7. The van der Waals surface area contributed by atoms with E-state index >= 15 is 0 Å². The van der Waals surface area contributed by atoms with Gasteiger partial charge in [-0.2, -0.15) is 5.26 Å². The molecule has 0 spiro atoms. The molecule has 3 N–H and O–H groups in total. The molecule has 18 heavy (non-hydrogen) atoms. The maximum absolute atomic E-state index is 8.78. The van der Waals surface area contributed by atoms with Crippen LogP contribution in [0.1, 0.15) is 25.3 Å². The first kappa shape index (κ1) is 12.7. The average Bonchev–Trinajstić information content (AvgIpc) is 2.84. The molecule has 4 heteroatoms. The summed E-state index contributed by atoms with van der Waals surface area (Å²) >= 11 is 0. The van der Waals surface area contributed by atoms with E-state index in [1.807, 2.05) is 6.07 Å². The Kier molecular flexibility index (Phi) is 4.06. The van der Waals surface area contributed by atoms with Crippen LogP contribution in [0.4, 0.5) is 11.4 Å². The van der Waals surface area contributed by atoms with Crippen molar-refractivity contribution in [2.75, 3.05) is 24.2 Å². The standard InChI is InChI=1S/C14H19N3O/c1-2-14-11(5-6-18-14)9-17-13-4-3-10(8-15)7-12(13)16/h3-4,7,11,14,17H,2,5-6,9,16H2,1H3. The predicted molar refractivity (Wildman–Crippen MR) is 72.2 cm³/mol. The van der Waals surface area contributed by atoms with Crippen molar-refractivity contribution in [1.82, 2.24) is 0 Å². The van der Waals surface area contributed by atoms with Gasteiger partial charge >= 0.3 is 0 Å². The topological polar surface area (TPSA) is 71.1 Å². The third kappa shape index (κ3) is 2.74. The zero-order chi connectivity index (χ0) is 13.0. The lowest BCUT2D eigenvalue weighted by atomic mass is 9.99. The van der Waals surface area contributed by atoms with Crippen LogP contribution in [0.2, 0.25) is 0 Å². The van der Waals surface area contributed by atoms with Crippen molar-refractivity contribution in [3.63, 3.8) is 0 Å². The Bertz CT molecular complexity index is 453.